The third-order valence-electron chi connectivity index (χ3n) is 3.50. The molecule has 1 N–H and O–H groups in total. The van der Waals surface area contributed by atoms with E-state index in [1.165, 1.54) is 0 Å². The summed E-state index contributed by atoms with van der Waals surface area (Å²) >= 11 is 0. The Kier molecular flexibility index (Phi) is 3.25. The molecule has 21 heavy (non-hydrogen) atoms. The van der Waals surface area contributed by atoms with Crippen molar-refractivity contribution >= 4 is 11.6 Å². The van der Waals surface area contributed by atoms with E-state index in [2.05, 4.69) is 10.3 Å². The monoisotopic (exact) mass is 283 g/mol. The van der Waals surface area contributed by atoms with Gasteiger partial charge in [-0.15, -0.1) is 0 Å². The van der Waals surface area contributed by atoms with Crippen molar-refractivity contribution in [1.82, 2.24) is 14.7 Å². The molecule has 0 bridgehead atoms. The zero-order valence-corrected chi connectivity index (χ0v) is 12.3. The summed E-state index contributed by atoms with van der Waals surface area (Å²) in [6, 6.07) is 7.61. The maximum Gasteiger partial charge on any atom is 0.270 e. The number of aryl methyl sites for hydroxylation is 3. The molecule has 0 atom stereocenters. The van der Waals surface area contributed by atoms with Crippen molar-refractivity contribution in [1.29, 1.82) is 0 Å². The Hall–Kier alpha value is -2.56. The molecule has 0 saturated carbocycles. The Bertz CT molecular complexity index is 814. The smallest absolute Gasteiger partial charge is 0.270 e. The van der Waals surface area contributed by atoms with Gasteiger partial charge in [-0.25, -0.2) is 4.98 Å². The maximum absolute atomic E-state index is 12.4. The van der Waals surface area contributed by atoms with E-state index in [0.717, 1.165) is 28.4 Å². The van der Waals surface area contributed by atoms with Crippen molar-refractivity contribution in [3.8, 4) is 0 Å². The van der Waals surface area contributed by atoms with Crippen LogP contribution < -0.4 is 5.32 Å². The summed E-state index contributed by atoms with van der Waals surface area (Å²) in [7, 11) is 0. The van der Waals surface area contributed by atoms with Crippen molar-refractivity contribution in [3.05, 3.63) is 58.9 Å². The van der Waals surface area contributed by atoms with Gasteiger partial charge in [0, 0.05) is 18.3 Å². The van der Waals surface area contributed by atoms with Crippen molar-refractivity contribution in [2.24, 2.45) is 0 Å². The van der Waals surface area contributed by atoms with Crippen LogP contribution in [0.4, 0.5) is 0 Å². The van der Waals surface area contributed by atoms with E-state index in [9.17, 15) is 4.79 Å². The third kappa shape index (κ3) is 2.42. The fraction of sp³-hybridized carbons (Fsp3) is 0.250. The minimum Gasteiger partial charge on any atom is -0.466 e. The summed E-state index contributed by atoms with van der Waals surface area (Å²) in [5, 5.41) is 2.93. The molecule has 0 saturated heterocycles. The molecule has 0 aliphatic rings. The molecule has 0 aromatic carbocycles. The van der Waals surface area contributed by atoms with Crippen LogP contribution in [0.15, 0.2) is 34.9 Å². The number of hydrogen-bond donors (Lipinski definition) is 1. The fourth-order valence-electron chi connectivity index (χ4n) is 2.51. The van der Waals surface area contributed by atoms with Gasteiger partial charge in [0.25, 0.3) is 5.91 Å². The van der Waals surface area contributed by atoms with Gasteiger partial charge in [0.2, 0.25) is 0 Å². The number of nitrogens with zero attached hydrogens (tertiary/aromatic N) is 2. The zero-order valence-electron chi connectivity index (χ0n) is 12.3. The number of aromatic nitrogens is 2. The van der Waals surface area contributed by atoms with Crippen LogP contribution in [0.3, 0.4) is 0 Å². The largest absolute Gasteiger partial charge is 0.466 e. The number of fused-ring (bicyclic) bond motifs is 1. The third-order valence-corrected chi connectivity index (χ3v) is 3.50. The summed E-state index contributed by atoms with van der Waals surface area (Å²) in [4.78, 5) is 16.8. The van der Waals surface area contributed by atoms with Crippen LogP contribution in [0, 0.1) is 20.8 Å². The molecule has 5 heteroatoms. The second-order valence-electron chi connectivity index (χ2n) is 5.10. The number of imidazole rings is 1. The van der Waals surface area contributed by atoms with Crippen molar-refractivity contribution in [2.75, 3.05) is 0 Å². The Labute approximate surface area is 122 Å². The van der Waals surface area contributed by atoms with E-state index < -0.39 is 0 Å². The van der Waals surface area contributed by atoms with Gasteiger partial charge in [-0.1, -0.05) is 6.07 Å². The molecule has 0 aliphatic carbocycles. The Balaban J connectivity index is 1.84. The van der Waals surface area contributed by atoms with Gasteiger partial charge in [0.1, 0.15) is 22.9 Å². The molecule has 0 aliphatic heterocycles. The van der Waals surface area contributed by atoms with Crippen molar-refractivity contribution < 1.29 is 9.21 Å². The lowest BCUT2D eigenvalue weighted by atomic mass is 10.2. The summed E-state index contributed by atoms with van der Waals surface area (Å²) in [5.41, 5.74) is 3.06. The Morgan fingerprint density at radius 3 is 2.86 bits per heavy atom. The van der Waals surface area contributed by atoms with E-state index in [0.29, 0.717) is 12.2 Å². The van der Waals surface area contributed by atoms with Crippen LogP contribution in [0.1, 0.15) is 33.3 Å². The molecule has 0 spiro atoms. The molecule has 3 rings (SSSR count). The van der Waals surface area contributed by atoms with E-state index in [1.54, 1.807) is 4.40 Å². The second kappa shape index (κ2) is 5.09. The SMILES string of the molecule is Cc1cc(CNC(=O)c2c(C)nc3ccccn23)c(C)o1. The summed E-state index contributed by atoms with van der Waals surface area (Å²) in [6.45, 7) is 6.08. The number of rotatable bonds is 3. The van der Waals surface area contributed by atoms with Crippen LogP contribution in [0.2, 0.25) is 0 Å². The molecule has 5 nitrogen and oxygen atoms in total. The molecular formula is C16H17N3O2. The quantitative estimate of drug-likeness (QED) is 0.804. The van der Waals surface area contributed by atoms with Gasteiger partial charge < -0.3 is 9.73 Å². The first kappa shape index (κ1) is 13.4. The normalized spacial score (nSPS) is 11.0. The molecule has 0 unspecified atom stereocenters. The van der Waals surface area contributed by atoms with E-state index in [-0.39, 0.29) is 5.91 Å². The van der Waals surface area contributed by atoms with E-state index >= 15 is 0 Å². The highest BCUT2D eigenvalue weighted by Crippen LogP contribution is 2.15. The predicted octanol–water partition coefficient (Wildman–Crippen LogP) is 2.78. The predicted molar refractivity (Wildman–Crippen MR) is 79.3 cm³/mol. The highest BCUT2D eigenvalue weighted by Gasteiger charge is 2.16. The van der Waals surface area contributed by atoms with Crippen LogP contribution in [0.5, 0.6) is 0 Å². The molecule has 3 aromatic heterocycles. The van der Waals surface area contributed by atoms with Crippen molar-refractivity contribution in [2.45, 2.75) is 27.3 Å². The molecule has 108 valence electrons. The molecule has 0 fully saturated rings. The van der Waals surface area contributed by atoms with Gasteiger partial charge in [0.05, 0.1) is 5.69 Å². The highest BCUT2D eigenvalue weighted by atomic mass is 16.3. The molecule has 3 heterocycles. The fourth-order valence-corrected chi connectivity index (χ4v) is 2.51. The number of hydrogen-bond acceptors (Lipinski definition) is 3. The molecule has 1 amide bonds. The van der Waals surface area contributed by atoms with Gasteiger partial charge >= 0.3 is 0 Å². The number of furan rings is 1. The van der Waals surface area contributed by atoms with Crippen molar-refractivity contribution in [3.63, 3.8) is 0 Å². The molecule has 3 aromatic rings. The summed E-state index contributed by atoms with van der Waals surface area (Å²) in [5.74, 6) is 1.55. The van der Waals surface area contributed by atoms with Gasteiger partial charge in [-0.05, 0) is 39.0 Å². The number of pyridine rings is 1. The first-order chi connectivity index (χ1) is 10.1. The highest BCUT2D eigenvalue weighted by molar-refractivity contribution is 5.94. The van der Waals surface area contributed by atoms with Crippen LogP contribution >= 0.6 is 0 Å². The second-order valence-corrected chi connectivity index (χ2v) is 5.10. The lowest BCUT2D eigenvalue weighted by Gasteiger charge is -2.05. The van der Waals surface area contributed by atoms with Gasteiger partial charge in [-0.2, -0.15) is 0 Å². The Morgan fingerprint density at radius 2 is 2.14 bits per heavy atom. The average Bonchev–Trinajstić information content (AvgIpc) is 2.94. The summed E-state index contributed by atoms with van der Waals surface area (Å²) in [6.07, 6.45) is 1.84. The van der Waals surface area contributed by atoms with E-state index in [4.69, 9.17) is 4.42 Å². The summed E-state index contributed by atoms with van der Waals surface area (Å²) < 4.78 is 7.27. The van der Waals surface area contributed by atoms with E-state index in [1.807, 2.05) is 51.2 Å². The Morgan fingerprint density at radius 1 is 1.33 bits per heavy atom. The number of carbonyl (C=O) groups excluding carboxylic acids is 1. The lowest BCUT2D eigenvalue weighted by Crippen LogP contribution is -2.25. The lowest BCUT2D eigenvalue weighted by molar-refractivity contribution is 0.0944. The first-order valence-electron chi connectivity index (χ1n) is 6.84. The zero-order chi connectivity index (χ0) is 15.0. The topological polar surface area (TPSA) is 59.5 Å². The first-order valence-corrected chi connectivity index (χ1v) is 6.84. The molecular weight excluding hydrogens is 266 g/mol. The number of nitrogens with one attached hydrogen (secondary N) is 1. The molecule has 0 radical (unpaired) electrons. The maximum atomic E-state index is 12.4. The van der Waals surface area contributed by atoms with Crippen LogP contribution in [-0.4, -0.2) is 15.3 Å². The average molecular weight is 283 g/mol. The standard InChI is InChI=1S/C16H17N3O2/c1-10-8-13(12(3)21-10)9-17-16(20)15-11(2)18-14-6-4-5-7-19(14)15/h4-8H,9H2,1-3H3,(H,17,20). The van der Waals surface area contributed by atoms with Crippen LogP contribution in [-0.2, 0) is 6.54 Å². The number of amides is 1. The minimum atomic E-state index is -0.135. The number of carbonyl (C=O) groups is 1. The van der Waals surface area contributed by atoms with Gasteiger partial charge in [0.15, 0.2) is 0 Å². The van der Waals surface area contributed by atoms with Gasteiger partial charge in [-0.3, -0.25) is 9.20 Å². The van der Waals surface area contributed by atoms with Crippen LogP contribution in [0.25, 0.3) is 5.65 Å². The minimum absolute atomic E-state index is 0.135.